The van der Waals surface area contributed by atoms with Crippen LogP contribution in [-0.4, -0.2) is 47.1 Å². The molecule has 1 N–H and O–H groups in total. The van der Waals surface area contributed by atoms with Crippen molar-refractivity contribution in [2.75, 3.05) is 19.4 Å². The number of aliphatic hydroxyl groups is 1. The van der Waals surface area contributed by atoms with E-state index in [2.05, 4.69) is 30.5 Å². The number of ether oxygens (including phenoxy) is 1. The highest BCUT2D eigenvalue weighted by molar-refractivity contribution is 7.98. The summed E-state index contributed by atoms with van der Waals surface area (Å²) in [5, 5.41) is 9.97. The number of benzene rings is 1. The molecular formula is C19H29NO3S. The zero-order valence-electron chi connectivity index (χ0n) is 15.3. The van der Waals surface area contributed by atoms with Crippen LogP contribution in [-0.2, 0) is 4.74 Å². The molecule has 1 aromatic carbocycles. The van der Waals surface area contributed by atoms with Crippen LogP contribution in [0.5, 0.6) is 0 Å². The van der Waals surface area contributed by atoms with Gasteiger partial charge in [0.05, 0.1) is 0 Å². The number of likely N-dealkylation sites (tertiary alicyclic amines) is 1. The first-order valence-electron chi connectivity index (χ1n) is 8.51. The summed E-state index contributed by atoms with van der Waals surface area (Å²) in [6, 6.07) is 8.44. The monoisotopic (exact) mass is 351 g/mol. The van der Waals surface area contributed by atoms with Gasteiger partial charge in [-0.2, -0.15) is 0 Å². The minimum Gasteiger partial charge on any atom is -0.444 e. The molecule has 0 radical (unpaired) electrons. The fraction of sp³-hybridized carbons (Fsp3) is 0.632. The van der Waals surface area contributed by atoms with E-state index in [0.717, 1.165) is 6.42 Å². The molecule has 0 aromatic heterocycles. The van der Waals surface area contributed by atoms with E-state index in [9.17, 15) is 9.90 Å². The van der Waals surface area contributed by atoms with Gasteiger partial charge in [0.1, 0.15) is 5.60 Å². The SMILES string of the molecule is CSc1cccc([C@@H]2CCN(C(=O)OC(C)(C)C)[C@H](C)[C@H]2CO)c1. The molecule has 1 aromatic rings. The van der Waals surface area contributed by atoms with Crippen molar-refractivity contribution >= 4 is 17.9 Å². The number of thioether (sulfide) groups is 1. The van der Waals surface area contributed by atoms with Gasteiger partial charge in [-0.05, 0) is 64.0 Å². The molecule has 0 spiro atoms. The smallest absolute Gasteiger partial charge is 0.410 e. The number of hydrogen-bond acceptors (Lipinski definition) is 4. The lowest BCUT2D eigenvalue weighted by Gasteiger charge is -2.43. The van der Waals surface area contributed by atoms with Gasteiger partial charge in [0.2, 0.25) is 0 Å². The molecule has 4 nitrogen and oxygen atoms in total. The third-order valence-corrected chi connectivity index (χ3v) is 5.40. The van der Waals surface area contributed by atoms with Crippen LogP contribution in [0.3, 0.4) is 0 Å². The second-order valence-electron chi connectivity index (χ2n) is 7.43. The molecular weight excluding hydrogens is 322 g/mol. The van der Waals surface area contributed by atoms with Gasteiger partial charge in [-0.15, -0.1) is 11.8 Å². The average molecular weight is 352 g/mol. The van der Waals surface area contributed by atoms with Crippen molar-refractivity contribution in [2.24, 2.45) is 5.92 Å². The third kappa shape index (κ3) is 4.45. The molecule has 0 unspecified atom stereocenters. The Hall–Kier alpha value is -1.20. The van der Waals surface area contributed by atoms with Crippen LogP contribution in [0.2, 0.25) is 0 Å². The van der Waals surface area contributed by atoms with Crippen molar-refractivity contribution < 1.29 is 14.6 Å². The minimum absolute atomic E-state index is 0.0170. The zero-order chi connectivity index (χ0) is 17.9. The van der Waals surface area contributed by atoms with Gasteiger partial charge in [0.25, 0.3) is 0 Å². The summed E-state index contributed by atoms with van der Waals surface area (Å²) in [7, 11) is 0. The Morgan fingerprint density at radius 3 is 2.71 bits per heavy atom. The van der Waals surface area contributed by atoms with Gasteiger partial charge in [-0.1, -0.05) is 12.1 Å². The zero-order valence-corrected chi connectivity index (χ0v) is 16.1. The highest BCUT2D eigenvalue weighted by Crippen LogP contribution is 2.38. The van der Waals surface area contributed by atoms with Gasteiger partial charge in [0.15, 0.2) is 0 Å². The Balaban J connectivity index is 2.18. The van der Waals surface area contributed by atoms with Gasteiger partial charge < -0.3 is 14.7 Å². The highest BCUT2D eigenvalue weighted by Gasteiger charge is 2.39. The van der Waals surface area contributed by atoms with Crippen LogP contribution in [0.1, 0.15) is 45.6 Å². The van der Waals surface area contributed by atoms with Crippen molar-refractivity contribution in [2.45, 2.75) is 56.6 Å². The summed E-state index contributed by atoms with van der Waals surface area (Å²) in [6.07, 6.45) is 2.62. The number of piperidine rings is 1. The molecule has 1 fully saturated rings. The quantitative estimate of drug-likeness (QED) is 0.832. The fourth-order valence-electron chi connectivity index (χ4n) is 3.41. The molecule has 5 heteroatoms. The molecule has 134 valence electrons. The standard InChI is InChI=1S/C19H29NO3S/c1-13-17(12-21)16(14-7-6-8-15(11-14)24-5)9-10-20(13)18(22)23-19(2,3)4/h6-8,11,13,16-17,21H,9-10,12H2,1-5H3/t13-,16+,17-/m1/s1. The predicted octanol–water partition coefficient (Wildman–Crippen LogP) is 4.13. The van der Waals surface area contributed by atoms with Gasteiger partial charge in [-0.3, -0.25) is 0 Å². The maximum Gasteiger partial charge on any atom is 0.410 e. The highest BCUT2D eigenvalue weighted by atomic mass is 32.2. The molecule has 0 aliphatic carbocycles. The molecule has 1 aliphatic heterocycles. The first kappa shape index (κ1) is 19.1. The summed E-state index contributed by atoms with van der Waals surface area (Å²) in [5.74, 6) is 0.277. The van der Waals surface area contributed by atoms with Crippen molar-refractivity contribution in [3.8, 4) is 0 Å². The maximum atomic E-state index is 12.4. The van der Waals surface area contributed by atoms with Crippen molar-refractivity contribution in [3.63, 3.8) is 0 Å². The molecule has 1 aliphatic rings. The van der Waals surface area contributed by atoms with E-state index < -0.39 is 5.60 Å². The van der Waals surface area contributed by atoms with Gasteiger partial charge >= 0.3 is 6.09 Å². The number of carbonyl (C=O) groups excluding carboxylic acids is 1. The van der Waals surface area contributed by atoms with E-state index in [-0.39, 0.29) is 30.6 Å². The van der Waals surface area contributed by atoms with Gasteiger partial charge in [0, 0.05) is 30.0 Å². The first-order chi connectivity index (χ1) is 11.3. The normalized spacial score (nSPS) is 24.8. The molecule has 2 rings (SSSR count). The lowest BCUT2D eigenvalue weighted by atomic mass is 9.77. The maximum absolute atomic E-state index is 12.4. The van der Waals surface area contributed by atoms with Crippen LogP contribution in [0.15, 0.2) is 29.2 Å². The summed E-state index contributed by atoms with van der Waals surface area (Å²) in [6.45, 7) is 8.35. The second-order valence-corrected chi connectivity index (χ2v) is 8.31. The summed E-state index contributed by atoms with van der Waals surface area (Å²) < 4.78 is 5.52. The fourth-order valence-corrected chi connectivity index (χ4v) is 3.88. The first-order valence-corrected chi connectivity index (χ1v) is 9.73. The number of amides is 1. The van der Waals surface area contributed by atoms with Crippen molar-refractivity contribution in [1.82, 2.24) is 4.90 Å². The molecule has 3 atom stereocenters. The largest absolute Gasteiger partial charge is 0.444 e. The Morgan fingerprint density at radius 2 is 2.12 bits per heavy atom. The Kier molecular flexibility index (Phi) is 6.21. The van der Waals surface area contributed by atoms with Crippen LogP contribution in [0, 0.1) is 5.92 Å². The Bertz CT molecular complexity index is 570. The summed E-state index contributed by atoms with van der Waals surface area (Å²) in [5.41, 5.74) is 0.742. The average Bonchev–Trinajstić information content (AvgIpc) is 2.52. The Morgan fingerprint density at radius 1 is 1.42 bits per heavy atom. The molecule has 1 saturated heterocycles. The molecule has 1 amide bonds. The Labute approximate surface area is 149 Å². The number of nitrogens with zero attached hydrogens (tertiary/aromatic N) is 1. The van der Waals surface area contributed by atoms with E-state index in [1.165, 1.54) is 10.5 Å². The van der Waals surface area contributed by atoms with Crippen LogP contribution in [0.25, 0.3) is 0 Å². The lowest BCUT2D eigenvalue weighted by molar-refractivity contribution is -0.00763. The second kappa shape index (κ2) is 7.79. The van der Waals surface area contributed by atoms with Crippen LogP contribution >= 0.6 is 11.8 Å². The lowest BCUT2D eigenvalue weighted by Crippen LogP contribution is -2.52. The molecule has 0 bridgehead atoms. The topological polar surface area (TPSA) is 49.8 Å². The van der Waals surface area contributed by atoms with E-state index in [1.807, 2.05) is 27.7 Å². The van der Waals surface area contributed by atoms with Crippen LogP contribution in [0.4, 0.5) is 4.79 Å². The summed E-state index contributed by atoms with van der Waals surface area (Å²) in [4.78, 5) is 15.4. The van der Waals surface area contributed by atoms with Crippen LogP contribution < -0.4 is 0 Å². The number of hydrogen-bond donors (Lipinski definition) is 1. The molecule has 1 heterocycles. The number of carbonyl (C=O) groups is 1. The van der Waals surface area contributed by atoms with Crippen molar-refractivity contribution in [3.05, 3.63) is 29.8 Å². The third-order valence-electron chi connectivity index (χ3n) is 4.67. The van der Waals surface area contributed by atoms with Gasteiger partial charge in [-0.25, -0.2) is 4.79 Å². The number of aliphatic hydroxyl groups excluding tert-OH is 1. The van der Waals surface area contributed by atoms with E-state index >= 15 is 0 Å². The molecule has 0 saturated carbocycles. The molecule has 24 heavy (non-hydrogen) atoms. The summed E-state index contributed by atoms with van der Waals surface area (Å²) >= 11 is 1.72. The predicted molar refractivity (Wildman–Crippen MR) is 98.6 cm³/mol. The van der Waals surface area contributed by atoms with E-state index in [1.54, 1.807) is 16.7 Å². The minimum atomic E-state index is -0.505. The number of rotatable bonds is 3. The van der Waals surface area contributed by atoms with E-state index in [0.29, 0.717) is 6.54 Å². The van der Waals surface area contributed by atoms with E-state index in [4.69, 9.17) is 4.74 Å². The van der Waals surface area contributed by atoms with Crippen molar-refractivity contribution in [1.29, 1.82) is 0 Å².